The van der Waals surface area contributed by atoms with E-state index in [-0.39, 0.29) is 35.1 Å². The molecule has 98 valence electrons. The number of nitrogens with zero attached hydrogens (tertiary/aromatic N) is 1. The number of morpholine rings is 1. The maximum Gasteiger partial charge on any atom is 0.258 e. The number of amides is 1. The largest absolute Gasteiger partial charge is 0.508 e. The summed E-state index contributed by atoms with van der Waals surface area (Å²) in [5, 5.41) is 18.9. The Morgan fingerprint density at radius 1 is 1.39 bits per heavy atom. The first kappa shape index (κ1) is 12.7. The summed E-state index contributed by atoms with van der Waals surface area (Å²) in [6, 6.07) is 3.96. The fraction of sp³-hybridized carbons (Fsp3) is 0.462. The van der Waals surface area contributed by atoms with Gasteiger partial charge < -0.3 is 19.8 Å². The summed E-state index contributed by atoms with van der Waals surface area (Å²) in [6.45, 7) is 4.80. The average Bonchev–Trinajstić information content (AvgIpc) is 2.31. The highest BCUT2D eigenvalue weighted by molar-refractivity contribution is 5.97. The summed E-state index contributed by atoms with van der Waals surface area (Å²) in [4.78, 5) is 14.0. The Balaban J connectivity index is 2.24. The Kier molecular flexibility index (Phi) is 3.43. The first-order chi connectivity index (χ1) is 8.49. The summed E-state index contributed by atoms with van der Waals surface area (Å²) in [5.74, 6) is -0.506. The molecule has 5 nitrogen and oxygen atoms in total. The molecule has 1 aliphatic heterocycles. The third-order valence-corrected chi connectivity index (χ3v) is 3.08. The molecule has 1 aliphatic rings. The van der Waals surface area contributed by atoms with E-state index >= 15 is 0 Å². The number of phenols is 2. The lowest BCUT2D eigenvalue weighted by Crippen LogP contribution is -2.50. The monoisotopic (exact) mass is 251 g/mol. The van der Waals surface area contributed by atoms with Crippen molar-refractivity contribution in [1.82, 2.24) is 4.90 Å². The summed E-state index contributed by atoms with van der Waals surface area (Å²) >= 11 is 0. The second-order valence-electron chi connectivity index (χ2n) is 4.65. The molecule has 0 saturated carbocycles. The number of aromatic hydroxyl groups is 2. The van der Waals surface area contributed by atoms with Crippen LogP contribution >= 0.6 is 0 Å². The number of rotatable bonds is 1. The molecule has 1 amide bonds. The second-order valence-corrected chi connectivity index (χ2v) is 4.65. The van der Waals surface area contributed by atoms with Gasteiger partial charge in [0.1, 0.15) is 11.5 Å². The topological polar surface area (TPSA) is 70.0 Å². The summed E-state index contributed by atoms with van der Waals surface area (Å²) in [5.41, 5.74) is 0.203. The number of phenolic OH excluding ortho intramolecular Hbond substituents is 2. The zero-order valence-corrected chi connectivity index (χ0v) is 10.5. The fourth-order valence-corrected chi connectivity index (χ4v) is 2.04. The molecule has 1 saturated heterocycles. The van der Waals surface area contributed by atoms with Gasteiger partial charge in [0, 0.05) is 12.6 Å². The van der Waals surface area contributed by atoms with Crippen LogP contribution in [-0.2, 0) is 4.74 Å². The molecule has 2 atom stereocenters. The van der Waals surface area contributed by atoms with Gasteiger partial charge in [-0.25, -0.2) is 0 Å². The van der Waals surface area contributed by atoms with E-state index in [9.17, 15) is 15.0 Å². The van der Waals surface area contributed by atoms with Crippen LogP contribution in [0.3, 0.4) is 0 Å². The predicted octanol–water partition coefficient (Wildman–Crippen LogP) is 1.35. The van der Waals surface area contributed by atoms with Gasteiger partial charge in [0.15, 0.2) is 0 Å². The molecule has 5 heteroatoms. The van der Waals surface area contributed by atoms with Crippen molar-refractivity contribution < 1.29 is 19.7 Å². The Morgan fingerprint density at radius 3 is 2.78 bits per heavy atom. The number of benzene rings is 1. The van der Waals surface area contributed by atoms with Crippen molar-refractivity contribution in [3.63, 3.8) is 0 Å². The van der Waals surface area contributed by atoms with E-state index in [0.717, 1.165) is 0 Å². The van der Waals surface area contributed by atoms with Gasteiger partial charge in [-0.1, -0.05) is 0 Å². The first-order valence-electron chi connectivity index (χ1n) is 5.93. The van der Waals surface area contributed by atoms with Gasteiger partial charge in [-0.05, 0) is 26.0 Å². The molecular formula is C13H17NO4. The van der Waals surface area contributed by atoms with Gasteiger partial charge in [-0.3, -0.25) is 4.79 Å². The van der Waals surface area contributed by atoms with Crippen molar-refractivity contribution >= 4 is 5.91 Å². The van der Waals surface area contributed by atoms with E-state index in [2.05, 4.69) is 0 Å². The maximum atomic E-state index is 12.3. The number of hydrogen-bond acceptors (Lipinski definition) is 4. The molecule has 2 rings (SSSR count). The van der Waals surface area contributed by atoms with Crippen molar-refractivity contribution in [1.29, 1.82) is 0 Å². The van der Waals surface area contributed by atoms with Crippen LogP contribution in [0, 0.1) is 0 Å². The van der Waals surface area contributed by atoms with Gasteiger partial charge in [0.05, 0.1) is 24.3 Å². The molecule has 2 unspecified atom stereocenters. The molecule has 0 radical (unpaired) electrons. The van der Waals surface area contributed by atoms with E-state index in [4.69, 9.17) is 4.74 Å². The normalized spacial score (nSPS) is 24.0. The van der Waals surface area contributed by atoms with Crippen molar-refractivity contribution in [3.8, 4) is 11.5 Å². The van der Waals surface area contributed by atoms with E-state index in [1.165, 1.54) is 18.2 Å². The Bertz CT molecular complexity index is 460. The molecule has 18 heavy (non-hydrogen) atoms. The van der Waals surface area contributed by atoms with Crippen LogP contribution in [-0.4, -0.2) is 46.3 Å². The van der Waals surface area contributed by atoms with Gasteiger partial charge in [-0.15, -0.1) is 0 Å². The van der Waals surface area contributed by atoms with E-state index in [1.807, 2.05) is 13.8 Å². The highest BCUT2D eigenvalue weighted by Gasteiger charge is 2.29. The maximum absolute atomic E-state index is 12.3. The molecule has 1 fully saturated rings. The van der Waals surface area contributed by atoms with Crippen LogP contribution < -0.4 is 0 Å². The quantitative estimate of drug-likeness (QED) is 0.790. The highest BCUT2D eigenvalue weighted by Crippen LogP contribution is 2.25. The zero-order chi connectivity index (χ0) is 13.3. The Hall–Kier alpha value is -1.75. The third-order valence-electron chi connectivity index (χ3n) is 3.08. The van der Waals surface area contributed by atoms with Crippen LogP contribution in [0.1, 0.15) is 24.2 Å². The molecule has 1 aromatic rings. The Labute approximate surface area is 106 Å². The second kappa shape index (κ2) is 4.86. The number of hydrogen-bond donors (Lipinski definition) is 2. The minimum Gasteiger partial charge on any atom is -0.508 e. The van der Waals surface area contributed by atoms with Crippen LogP contribution in [0.15, 0.2) is 18.2 Å². The number of carbonyl (C=O) groups is 1. The molecule has 0 spiro atoms. The summed E-state index contributed by atoms with van der Waals surface area (Å²) in [6.07, 6.45) is -0.00981. The molecule has 1 heterocycles. The van der Waals surface area contributed by atoms with Crippen molar-refractivity contribution in [3.05, 3.63) is 23.8 Å². The minimum absolute atomic E-state index is 0.00981. The molecular weight excluding hydrogens is 234 g/mol. The molecule has 1 aromatic carbocycles. The van der Waals surface area contributed by atoms with Gasteiger partial charge >= 0.3 is 0 Å². The zero-order valence-electron chi connectivity index (χ0n) is 10.5. The van der Waals surface area contributed by atoms with Crippen LogP contribution in [0.25, 0.3) is 0 Å². The lowest BCUT2D eigenvalue weighted by molar-refractivity contribution is -0.0387. The number of carbonyl (C=O) groups excluding carboxylic acids is 1. The standard InChI is InChI=1S/C13H17NO4/c1-8-7-18-9(2)6-14(8)13(17)11-4-3-10(15)5-12(11)16/h3-5,8-9,15-16H,6-7H2,1-2H3. The van der Waals surface area contributed by atoms with Crippen LogP contribution in [0.5, 0.6) is 11.5 Å². The average molecular weight is 251 g/mol. The lowest BCUT2D eigenvalue weighted by Gasteiger charge is -2.36. The molecule has 0 aromatic heterocycles. The smallest absolute Gasteiger partial charge is 0.258 e. The Morgan fingerprint density at radius 2 is 2.11 bits per heavy atom. The molecule has 0 aliphatic carbocycles. The van der Waals surface area contributed by atoms with Gasteiger partial charge in [-0.2, -0.15) is 0 Å². The SMILES string of the molecule is CC1CN(C(=O)c2ccc(O)cc2O)C(C)CO1. The van der Waals surface area contributed by atoms with E-state index in [0.29, 0.717) is 13.2 Å². The van der Waals surface area contributed by atoms with Crippen LogP contribution in [0.2, 0.25) is 0 Å². The van der Waals surface area contributed by atoms with Gasteiger partial charge in [0.25, 0.3) is 5.91 Å². The lowest BCUT2D eigenvalue weighted by atomic mass is 10.1. The van der Waals surface area contributed by atoms with Crippen molar-refractivity contribution in [2.45, 2.75) is 26.0 Å². The predicted molar refractivity (Wildman–Crippen MR) is 65.7 cm³/mol. The highest BCUT2D eigenvalue weighted by atomic mass is 16.5. The first-order valence-corrected chi connectivity index (χ1v) is 5.93. The minimum atomic E-state index is -0.241. The fourth-order valence-electron chi connectivity index (χ4n) is 2.04. The van der Waals surface area contributed by atoms with Crippen molar-refractivity contribution in [2.24, 2.45) is 0 Å². The van der Waals surface area contributed by atoms with E-state index < -0.39 is 0 Å². The molecule has 0 bridgehead atoms. The van der Waals surface area contributed by atoms with Crippen LogP contribution in [0.4, 0.5) is 0 Å². The molecule has 2 N–H and O–H groups in total. The summed E-state index contributed by atoms with van der Waals surface area (Å²) < 4.78 is 5.46. The third kappa shape index (κ3) is 2.41. The van der Waals surface area contributed by atoms with Crippen molar-refractivity contribution in [2.75, 3.05) is 13.2 Å². The van der Waals surface area contributed by atoms with E-state index in [1.54, 1.807) is 4.90 Å². The number of ether oxygens (including phenoxy) is 1. The van der Waals surface area contributed by atoms with Gasteiger partial charge in [0.2, 0.25) is 0 Å². The summed E-state index contributed by atoms with van der Waals surface area (Å²) in [7, 11) is 0.